The number of pyridine rings is 1. The Bertz CT molecular complexity index is 240. The van der Waals surface area contributed by atoms with E-state index >= 15 is 0 Å². The molecule has 0 aliphatic heterocycles. The zero-order chi connectivity index (χ0) is 8.43. The summed E-state index contributed by atoms with van der Waals surface area (Å²) >= 11 is 3.35. The van der Waals surface area contributed by atoms with E-state index in [0.29, 0.717) is 0 Å². The maximum atomic E-state index is 9.32. The normalized spacial score (nSPS) is 13.1. The Balaban J connectivity index is 3.21. The lowest BCUT2D eigenvalue weighted by Gasteiger charge is -2.09. The molecular weight excluding hydrogens is 206 g/mol. The van der Waals surface area contributed by atoms with E-state index in [1.807, 2.05) is 13.0 Å². The summed E-state index contributed by atoms with van der Waals surface area (Å²) in [7, 11) is 0. The van der Waals surface area contributed by atoms with Gasteiger partial charge in [-0.2, -0.15) is 0 Å². The second kappa shape index (κ2) is 3.32. The van der Waals surface area contributed by atoms with E-state index in [-0.39, 0.29) is 0 Å². The van der Waals surface area contributed by atoms with Crippen LogP contribution in [-0.4, -0.2) is 10.1 Å². The molecule has 0 saturated heterocycles. The number of aliphatic hydroxyl groups excluding tert-OH is 1. The molecule has 1 aromatic heterocycles. The molecule has 0 radical (unpaired) electrons. The van der Waals surface area contributed by atoms with Crippen molar-refractivity contribution in [2.24, 2.45) is 0 Å². The highest BCUT2D eigenvalue weighted by atomic mass is 79.9. The Labute approximate surface area is 74.4 Å². The van der Waals surface area contributed by atoms with Crippen molar-refractivity contribution < 1.29 is 5.11 Å². The van der Waals surface area contributed by atoms with Crippen molar-refractivity contribution in [2.75, 3.05) is 0 Å². The lowest BCUT2D eigenvalue weighted by molar-refractivity contribution is 0.197. The molecular formula is C8H10BrNO. The fourth-order valence-electron chi connectivity index (χ4n) is 1.05. The molecule has 0 aliphatic carbocycles. The fraction of sp³-hybridized carbons (Fsp3) is 0.375. The molecule has 1 heterocycles. The van der Waals surface area contributed by atoms with Crippen LogP contribution in [0.15, 0.2) is 16.7 Å². The van der Waals surface area contributed by atoms with Gasteiger partial charge in [-0.3, -0.25) is 4.98 Å². The molecule has 0 fully saturated rings. The summed E-state index contributed by atoms with van der Waals surface area (Å²) in [6, 6.07) is 1.83. The number of aliphatic hydroxyl groups is 1. The van der Waals surface area contributed by atoms with E-state index in [9.17, 15) is 5.11 Å². The number of hydrogen-bond acceptors (Lipinski definition) is 2. The van der Waals surface area contributed by atoms with Gasteiger partial charge in [-0.05, 0) is 19.9 Å². The lowest BCUT2D eigenvalue weighted by Crippen LogP contribution is -1.98. The second-order valence-electron chi connectivity index (χ2n) is 2.47. The van der Waals surface area contributed by atoms with E-state index in [0.717, 1.165) is 15.7 Å². The zero-order valence-electron chi connectivity index (χ0n) is 6.50. The van der Waals surface area contributed by atoms with Gasteiger partial charge >= 0.3 is 0 Å². The van der Waals surface area contributed by atoms with Crippen molar-refractivity contribution in [3.8, 4) is 0 Å². The van der Waals surface area contributed by atoms with Crippen LogP contribution in [-0.2, 0) is 0 Å². The van der Waals surface area contributed by atoms with Crippen LogP contribution in [0.25, 0.3) is 0 Å². The molecule has 1 unspecified atom stereocenters. The van der Waals surface area contributed by atoms with E-state index in [4.69, 9.17) is 0 Å². The number of halogens is 1. The molecule has 1 atom stereocenters. The molecule has 0 aromatic carbocycles. The lowest BCUT2D eigenvalue weighted by atomic mass is 10.1. The van der Waals surface area contributed by atoms with Gasteiger partial charge < -0.3 is 5.11 Å². The largest absolute Gasteiger partial charge is 0.389 e. The standard InChI is InChI=1S/C8H10BrNO/c1-5-8(6(2)11)7(9)3-4-10-5/h3-4,6,11H,1-2H3. The molecule has 0 aliphatic rings. The van der Waals surface area contributed by atoms with Crippen LogP contribution in [0.5, 0.6) is 0 Å². The second-order valence-corrected chi connectivity index (χ2v) is 3.32. The summed E-state index contributed by atoms with van der Waals surface area (Å²) in [6.45, 7) is 3.61. The Hall–Kier alpha value is -0.410. The number of hydrogen-bond donors (Lipinski definition) is 1. The minimum atomic E-state index is -0.460. The van der Waals surface area contributed by atoms with Gasteiger partial charge in [0.15, 0.2) is 0 Å². The van der Waals surface area contributed by atoms with E-state index < -0.39 is 6.10 Å². The first-order valence-electron chi connectivity index (χ1n) is 3.42. The Morgan fingerprint density at radius 2 is 2.27 bits per heavy atom. The first-order valence-corrected chi connectivity index (χ1v) is 4.21. The third-order valence-corrected chi connectivity index (χ3v) is 2.25. The summed E-state index contributed by atoms with van der Waals surface area (Å²) in [4.78, 5) is 4.07. The number of aromatic nitrogens is 1. The Morgan fingerprint density at radius 1 is 1.64 bits per heavy atom. The molecule has 1 N–H and O–H groups in total. The van der Waals surface area contributed by atoms with Gasteiger partial charge in [-0.15, -0.1) is 0 Å². The van der Waals surface area contributed by atoms with Gasteiger partial charge in [-0.1, -0.05) is 15.9 Å². The van der Waals surface area contributed by atoms with Crippen molar-refractivity contribution in [3.63, 3.8) is 0 Å². The van der Waals surface area contributed by atoms with Crippen LogP contribution in [0, 0.1) is 6.92 Å². The first kappa shape index (κ1) is 8.68. The molecule has 60 valence electrons. The number of rotatable bonds is 1. The maximum absolute atomic E-state index is 9.32. The smallest absolute Gasteiger partial charge is 0.0790 e. The highest BCUT2D eigenvalue weighted by Crippen LogP contribution is 2.24. The van der Waals surface area contributed by atoms with E-state index in [2.05, 4.69) is 20.9 Å². The molecule has 1 rings (SSSR count). The topological polar surface area (TPSA) is 33.1 Å². The highest BCUT2D eigenvalue weighted by molar-refractivity contribution is 9.10. The summed E-state index contributed by atoms with van der Waals surface area (Å²) in [5.74, 6) is 0. The van der Waals surface area contributed by atoms with Crippen molar-refractivity contribution in [1.29, 1.82) is 0 Å². The van der Waals surface area contributed by atoms with Gasteiger partial charge in [0.25, 0.3) is 0 Å². The minimum Gasteiger partial charge on any atom is -0.389 e. The minimum absolute atomic E-state index is 0.460. The third-order valence-electron chi connectivity index (χ3n) is 1.55. The van der Waals surface area contributed by atoms with E-state index in [1.165, 1.54) is 0 Å². The van der Waals surface area contributed by atoms with Gasteiger partial charge in [0.05, 0.1) is 6.10 Å². The molecule has 0 saturated carbocycles. The Morgan fingerprint density at radius 3 is 2.64 bits per heavy atom. The fourth-order valence-corrected chi connectivity index (χ4v) is 1.78. The Kier molecular flexibility index (Phi) is 2.62. The van der Waals surface area contributed by atoms with Crippen LogP contribution in [0.1, 0.15) is 24.3 Å². The summed E-state index contributed by atoms with van der Waals surface area (Å²) < 4.78 is 0.917. The van der Waals surface area contributed by atoms with Crippen molar-refractivity contribution in [1.82, 2.24) is 4.98 Å². The molecule has 11 heavy (non-hydrogen) atoms. The quantitative estimate of drug-likeness (QED) is 0.780. The molecule has 1 aromatic rings. The molecule has 2 nitrogen and oxygen atoms in total. The molecule has 0 amide bonds. The maximum Gasteiger partial charge on any atom is 0.0790 e. The van der Waals surface area contributed by atoms with Gasteiger partial charge in [-0.25, -0.2) is 0 Å². The molecule has 0 spiro atoms. The SMILES string of the molecule is Cc1nccc(Br)c1C(C)O. The van der Waals surface area contributed by atoms with Crippen LogP contribution in [0.2, 0.25) is 0 Å². The average Bonchev–Trinajstić information content (AvgIpc) is 1.85. The number of nitrogens with zero attached hydrogens (tertiary/aromatic N) is 1. The highest BCUT2D eigenvalue weighted by Gasteiger charge is 2.08. The van der Waals surface area contributed by atoms with Crippen molar-refractivity contribution in [2.45, 2.75) is 20.0 Å². The predicted octanol–water partition coefficient (Wildman–Crippen LogP) is 2.21. The zero-order valence-corrected chi connectivity index (χ0v) is 8.09. The van der Waals surface area contributed by atoms with Gasteiger partial charge in [0.1, 0.15) is 0 Å². The summed E-state index contributed by atoms with van der Waals surface area (Å²) in [5.41, 5.74) is 1.74. The van der Waals surface area contributed by atoms with Crippen molar-refractivity contribution >= 4 is 15.9 Å². The number of aryl methyl sites for hydroxylation is 1. The first-order chi connectivity index (χ1) is 5.13. The van der Waals surface area contributed by atoms with Crippen LogP contribution in [0.4, 0.5) is 0 Å². The van der Waals surface area contributed by atoms with Crippen LogP contribution in [0.3, 0.4) is 0 Å². The van der Waals surface area contributed by atoms with Crippen molar-refractivity contribution in [3.05, 3.63) is 28.0 Å². The summed E-state index contributed by atoms with van der Waals surface area (Å²) in [6.07, 6.45) is 1.25. The third kappa shape index (κ3) is 1.79. The summed E-state index contributed by atoms with van der Waals surface area (Å²) in [5, 5.41) is 9.32. The van der Waals surface area contributed by atoms with Gasteiger partial charge in [0.2, 0.25) is 0 Å². The van der Waals surface area contributed by atoms with E-state index in [1.54, 1.807) is 13.1 Å². The molecule has 3 heteroatoms. The average molecular weight is 216 g/mol. The van der Waals surface area contributed by atoms with Crippen LogP contribution >= 0.6 is 15.9 Å². The predicted molar refractivity (Wildman–Crippen MR) is 47.3 cm³/mol. The monoisotopic (exact) mass is 215 g/mol. The molecule has 0 bridgehead atoms. The van der Waals surface area contributed by atoms with Gasteiger partial charge in [0, 0.05) is 21.9 Å². The van der Waals surface area contributed by atoms with Crippen LogP contribution < -0.4 is 0 Å².